The van der Waals surface area contributed by atoms with Crippen molar-refractivity contribution < 1.29 is 9.53 Å². The summed E-state index contributed by atoms with van der Waals surface area (Å²) in [4.78, 5) is 11.6. The van der Waals surface area contributed by atoms with Crippen LogP contribution < -0.4 is 0 Å². The van der Waals surface area contributed by atoms with Gasteiger partial charge in [0.05, 0.1) is 13.0 Å². The Morgan fingerprint density at radius 1 is 1.22 bits per heavy atom. The number of hydrogen-bond acceptors (Lipinski definition) is 3. The van der Waals surface area contributed by atoms with E-state index >= 15 is 0 Å². The molecular weight excluding hydrogens is 244 g/mol. The first-order chi connectivity index (χ1) is 8.72. The summed E-state index contributed by atoms with van der Waals surface area (Å²) in [7, 11) is 0. The van der Waals surface area contributed by atoms with Crippen molar-refractivity contribution in [3.8, 4) is 11.1 Å². The first kappa shape index (κ1) is 12.8. The Hall–Kier alpha value is -1.61. The topological polar surface area (TPSA) is 26.3 Å². The molecule has 1 aromatic carbocycles. The van der Waals surface area contributed by atoms with Crippen LogP contribution in [0.2, 0.25) is 0 Å². The Morgan fingerprint density at radius 3 is 2.72 bits per heavy atom. The lowest BCUT2D eigenvalue weighted by Crippen LogP contribution is -2.07. The third-order valence-corrected chi connectivity index (χ3v) is 3.61. The number of thiophene rings is 1. The molecule has 0 aliphatic rings. The van der Waals surface area contributed by atoms with E-state index in [9.17, 15) is 4.79 Å². The zero-order chi connectivity index (χ0) is 13.0. The maximum absolute atomic E-state index is 11.6. The quantitative estimate of drug-likeness (QED) is 0.781. The fourth-order valence-corrected chi connectivity index (χ4v) is 2.80. The standard InChI is InChI=1S/C15H16O2S/c1-3-17-15(16)8-12-9-18-10-14(12)13-7-5-4-6-11(13)2/h4-7,9-10H,3,8H2,1-2H3. The van der Waals surface area contributed by atoms with E-state index in [1.165, 1.54) is 11.1 Å². The van der Waals surface area contributed by atoms with Crippen molar-refractivity contribution in [2.45, 2.75) is 20.3 Å². The number of aryl methyl sites for hydroxylation is 1. The van der Waals surface area contributed by atoms with Gasteiger partial charge in [0, 0.05) is 0 Å². The lowest BCUT2D eigenvalue weighted by molar-refractivity contribution is -0.142. The molecule has 2 aromatic rings. The van der Waals surface area contributed by atoms with Gasteiger partial charge in [-0.05, 0) is 46.9 Å². The smallest absolute Gasteiger partial charge is 0.310 e. The van der Waals surface area contributed by atoms with E-state index in [4.69, 9.17) is 4.74 Å². The molecule has 0 radical (unpaired) electrons. The van der Waals surface area contributed by atoms with Crippen LogP contribution in [0.15, 0.2) is 35.0 Å². The van der Waals surface area contributed by atoms with E-state index in [1.807, 2.05) is 24.4 Å². The minimum Gasteiger partial charge on any atom is -0.466 e. The third-order valence-electron chi connectivity index (χ3n) is 2.82. The van der Waals surface area contributed by atoms with Crippen LogP contribution in [-0.2, 0) is 16.0 Å². The molecule has 1 aromatic heterocycles. The molecule has 1 heterocycles. The average molecular weight is 260 g/mol. The fourth-order valence-electron chi connectivity index (χ4n) is 1.94. The highest BCUT2D eigenvalue weighted by molar-refractivity contribution is 7.08. The van der Waals surface area contributed by atoms with Gasteiger partial charge in [-0.1, -0.05) is 24.3 Å². The van der Waals surface area contributed by atoms with Gasteiger partial charge in [0.15, 0.2) is 0 Å². The number of hydrogen-bond donors (Lipinski definition) is 0. The molecule has 0 amide bonds. The number of esters is 1. The van der Waals surface area contributed by atoms with Gasteiger partial charge in [-0.3, -0.25) is 4.79 Å². The molecule has 94 valence electrons. The molecule has 0 bridgehead atoms. The SMILES string of the molecule is CCOC(=O)Cc1cscc1-c1ccccc1C. The van der Waals surface area contributed by atoms with Crippen LogP contribution in [0.3, 0.4) is 0 Å². The maximum Gasteiger partial charge on any atom is 0.310 e. The van der Waals surface area contributed by atoms with Crippen molar-refractivity contribution >= 4 is 17.3 Å². The minimum atomic E-state index is -0.161. The van der Waals surface area contributed by atoms with Gasteiger partial charge in [-0.15, -0.1) is 0 Å². The van der Waals surface area contributed by atoms with Crippen molar-refractivity contribution in [1.82, 2.24) is 0 Å². The predicted octanol–water partition coefficient (Wildman–Crippen LogP) is 3.83. The summed E-state index contributed by atoms with van der Waals surface area (Å²) in [5.74, 6) is -0.161. The minimum absolute atomic E-state index is 0.161. The molecule has 2 rings (SSSR count). The fraction of sp³-hybridized carbons (Fsp3) is 0.267. The summed E-state index contributed by atoms with van der Waals surface area (Å²) in [6, 6.07) is 8.22. The highest BCUT2D eigenvalue weighted by Gasteiger charge is 2.12. The first-order valence-corrected chi connectivity index (χ1v) is 6.93. The van der Waals surface area contributed by atoms with Crippen molar-refractivity contribution in [1.29, 1.82) is 0 Å². The van der Waals surface area contributed by atoms with Crippen LogP contribution in [0, 0.1) is 6.92 Å². The Kier molecular flexibility index (Phi) is 4.15. The van der Waals surface area contributed by atoms with E-state index in [0.29, 0.717) is 13.0 Å². The zero-order valence-electron chi connectivity index (χ0n) is 10.6. The van der Waals surface area contributed by atoms with Gasteiger partial charge in [-0.25, -0.2) is 0 Å². The van der Waals surface area contributed by atoms with Crippen LogP contribution in [0.5, 0.6) is 0 Å². The molecule has 0 spiro atoms. The molecule has 3 heteroatoms. The Bertz CT molecular complexity index is 543. The lowest BCUT2D eigenvalue weighted by atomic mass is 9.99. The van der Waals surface area contributed by atoms with Gasteiger partial charge in [0.2, 0.25) is 0 Å². The van der Waals surface area contributed by atoms with Crippen LogP contribution in [0.1, 0.15) is 18.1 Å². The second kappa shape index (κ2) is 5.83. The van der Waals surface area contributed by atoms with Gasteiger partial charge in [0.1, 0.15) is 0 Å². The van der Waals surface area contributed by atoms with Crippen LogP contribution in [0.4, 0.5) is 0 Å². The number of benzene rings is 1. The largest absolute Gasteiger partial charge is 0.466 e. The summed E-state index contributed by atoms with van der Waals surface area (Å²) in [6.45, 7) is 4.34. The predicted molar refractivity (Wildman–Crippen MR) is 74.8 cm³/mol. The van der Waals surface area contributed by atoms with Crippen molar-refractivity contribution in [3.05, 3.63) is 46.2 Å². The van der Waals surface area contributed by atoms with E-state index in [2.05, 4.69) is 24.4 Å². The van der Waals surface area contributed by atoms with Gasteiger partial charge in [0.25, 0.3) is 0 Å². The second-order valence-electron chi connectivity index (χ2n) is 4.11. The number of carbonyl (C=O) groups excluding carboxylic acids is 1. The normalized spacial score (nSPS) is 10.3. The number of carbonyl (C=O) groups is 1. The lowest BCUT2D eigenvalue weighted by Gasteiger charge is -2.07. The van der Waals surface area contributed by atoms with E-state index in [1.54, 1.807) is 11.3 Å². The number of rotatable bonds is 4. The molecule has 0 N–H and O–H groups in total. The van der Waals surface area contributed by atoms with Gasteiger partial charge >= 0.3 is 5.97 Å². The van der Waals surface area contributed by atoms with Crippen LogP contribution in [0.25, 0.3) is 11.1 Å². The molecule has 18 heavy (non-hydrogen) atoms. The summed E-state index contributed by atoms with van der Waals surface area (Å²) in [5.41, 5.74) is 4.61. The third kappa shape index (κ3) is 2.79. The van der Waals surface area contributed by atoms with E-state index < -0.39 is 0 Å². The molecule has 0 saturated heterocycles. The number of ether oxygens (including phenoxy) is 1. The Balaban J connectivity index is 2.28. The van der Waals surface area contributed by atoms with Crippen LogP contribution in [-0.4, -0.2) is 12.6 Å². The van der Waals surface area contributed by atoms with Crippen molar-refractivity contribution in [2.75, 3.05) is 6.61 Å². The Morgan fingerprint density at radius 2 is 2.00 bits per heavy atom. The first-order valence-electron chi connectivity index (χ1n) is 5.99. The van der Waals surface area contributed by atoms with Crippen molar-refractivity contribution in [2.24, 2.45) is 0 Å². The summed E-state index contributed by atoms with van der Waals surface area (Å²) in [6.07, 6.45) is 0.348. The van der Waals surface area contributed by atoms with E-state index in [0.717, 1.165) is 11.1 Å². The van der Waals surface area contributed by atoms with E-state index in [-0.39, 0.29) is 5.97 Å². The highest BCUT2D eigenvalue weighted by Crippen LogP contribution is 2.30. The molecule has 0 aliphatic carbocycles. The summed E-state index contributed by atoms with van der Waals surface area (Å²) in [5, 5.41) is 4.12. The molecule has 0 aliphatic heterocycles. The van der Waals surface area contributed by atoms with Gasteiger partial charge < -0.3 is 4.74 Å². The molecular formula is C15H16O2S. The second-order valence-corrected chi connectivity index (χ2v) is 4.85. The summed E-state index contributed by atoms with van der Waals surface area (Å²) >= 11 is 1.62. The van der Waals surface area contributed by atoms with Gasteiger partial charge in [-0.2, -0.15) is 11.3 Å². The highest BCUT2D eigenvalue weighted by atomic mass is 32.1. The van der Waals surface area contributed by atoms with Crippen LogP contribution >= 0.6 is 11.3 Å². The monoisotopic (exact) mass is 260 g/mol. The molecule has 0 unspecified atom stereocenters. The Labute approximate surface area is 111 Å². The molecule has 0 atom stereocenters. The molecule has 0 saturated carbocycles. The molecule has 0 fully saturated rings. The maximum atomic E-state index is 11.6. The van der Waals surface area contributed by atoms with Crippen molar-refractivity contribution in [3.63, 3.8) is 0 Å². The summed E-state index contributed by atoms with van der Waals surface area (Å²) < 4.78 is 5.00. The molecule has 2 nitrogen and oxygen atoms in total. The average Bonchev–Trinajstić information content (AvgIpc) is 2.78. The zero-order valence-corrected chi connectivity index (χ0v) is 11.4.